The first kappa shape index (κ1) is 12.1. The summed E-state index contributed by atoms with van der Waals surface area (Å²) in [5.41, 5.74) is 11.0. The van der Waals surface area contributed by atoms with Crippen LogP contribution in [0.15, 0.2) is 18.3 Å². The van der Waals surface area contributed by atoms with Gasteiger partial charge in [-0.05, 0) is 12.1 Å². The van der Waals surface area contributed by atoms with Crippen molar-refractivity contribution >= 4 is 29.0 Å². The lowest BCUT2D eigenvalue weighted by Crippen LogP contribution is -2.33. The van der Waals surface area contributed by atoms with Crippen LogP contribution in [0.3, 0.4) is 0 Å². The van der Waals surface area contributed by atoms with Crippen LogP contribution in [0.2, 0.25) is 0 Å². The number of primary amides is 1. The fourth-order valence-corrected chi connectivity index (χ4v) is 1.05. The summed E-state index contributed by atoms with van der Waals surface area (Å²) in [5, 5.41) is 2.31. The Morgan fingerprint density at radius 1 is 1.38 bits per heavy atom. The standard InChI is InChI=1S/C9H10N4O2S/c10-7(14)4-13-9(15)6-2-1-5(3-12-6)8(11)16/h1-3H,4H2,(H2,10,14)(H2,11,16)(H,13,15). The molecular weight excluding hydrogens is 228 g/mol. The Morgan fingerprint density at radius 3 is 2.50 bits per heavy atom. The zero-order valence-electron chi connectivity index (χ0n) is 8.27. The van der Waals surface area contributed by atoms with E-state index >= 15 is 0 Å². The molecule has 7 heteroatoms. The summed E-state index contributed by atoms with van der Waals surface area (Å²) in [5.74, 6) is -1.10. The van der Waals surface area contributed by atoms with Crippen molar-refractivity contribution in [2.45, 2.75) is 0 Å². The van der Waals surface area contributed by atoms with Gasteiger partial charge in [0.25, 0.3) is 5.91 Å². The van der Waals surface area contributed by atoms with Gasteiger partial charge in [0.1, 0.15) is 10.7 Å². The third kappa shape index (κ3) is 3.28. The number of nitrogens with two attached hydrogens (primary N) is 2. The molecule has 1 aromatic heterocycles. The SMILES string of the molecule is NC(=O)CNC(=O)c1ccc(C(N)=S)cn1. The lowest BCUT2D eigenvalue weighted by molar-refractivity contribution is -0.117. The second-order valence-corrected chi connectivity index (χ2v) is 3.39. The maximum Gasteiger partial charge on any atom is 0.270 e. The minimum Gasteiger partial charge on any atom is -0.389 e. The van der Waals surface area contributed by atoms with E-state index in [1.54, 1.807) is 6.07 Å². The number of rotatable bonds is 4. The maximum atomic E-state index is 11.4. The fraction of sp³-hybridized carbons (Fsp3) is 0.111. The lowest BCUT2D eigenvalue weighted by atomic mass is 10.2. The third-order valence-corrected chi connectivity index (χ3v) is 1.94. The van der Waals surface area contributed by atoms with Gasteiger partial charge >= 0.3 is 0 Å². The summed E-state index contributed by atoms with van der Waals surface area (Å²) in [6, 6.07) is 3.04. The van der Waals surface area contributed by atoms with Crippen LogP contribution in [0.5, 0.6) is 0 Å². The molecule has 0 radical (unpaired) electrons. The van der Waals surface area contributed by atoms with Crippen LogP contribution in [0.25, 0.3) is 0 Å². The van der Waals surface area contributed by atoms with Crippen molar-refractivity contribution in [3.8, 4) is 0 Å². The average Bonchev–Trinajstić information content (AvgIpc) is 2.26. The summed E-state index contributed by atoms with van der Waals surface area (Å²) in [7, 11) is 0. The van der Waals surface area contributed by atoms with E-state index in [4.69, 9.17) is 23.7 Å². The number of carbonyl (C=O) groups is 2. The molecule has 2 amide bonds. The van der Waals surface area contributed by atoms with Gasteiger partial charge in [0, 0.05) is 11.8 Å². The van der Waals surface area contributed by atoms with E-state index in [2.05, 4.69) is 10.3 Å². The second kappa shape index (κ2) is 5.17. The first-order chi connectivity index (χ1) is 7.50. The number of hydrogen-bond acceptors (Lipinski definition) is 4. The van der Waals surface area contributed by atoms with Gasteiger partial charge in [-0.1, -0.05) is 12.2 Å². The topological polar surface area (TPSA) is 111 Å². The number of aromatic nitrogens is 1. The molecule has 84 valence electrons. The number of carbonyl (C=O) groups excluding carboxylic acids is 2. The van der Waals surface area contributed by atoms with Crippen molar-refractivity contribution in [3.63, 3.8) is 0 Å². The molecule has 0 fully saturated rings. The van der Waals surface area contributed by atoms with Gasteiger partial charge in [-0.25, -0.2) is 0 Å². The average molecular weight is 238 g/mol. The van der Waals surface area contributed by atoms with Crippen molar-refractivity contribution in [2.75, 3.05) is 6.54 Å². The third-order valence-electron chi connectivity index (χ3n) is 1.70. The Kier molecular flexibility index (Phi) is 3.90. The molecule has 0 spiro atoms. The summed E-state index contributed by atoms with van der Waals surface area (Å²) in [6.07, 6.45) is 1.39. The molecule has 0 bridgehead atoms. The van der Waals surface area contributed by atoms with E-state index in [0.29, 0.717) is 5.56 Å². The summed E-state index contributed by atoms with van der Waals surface area (Å²) >= 11 is 4.73. The fourth-order valence-electron chi connectivity index (χ4n) is 0.932. The Balaban J connectivity index is 2.70. The van der Waals surface area contributed by atoms with Crippen molar-refractivity contribution in [3.05, 3.63) is 29.6 Å². The van der Waals surface area contributed by atoms with Crippen LogP contribution in [-0.2, 0) is 4.79 Å². The Hall–Kier alpha value is -2.02. The zero-order chi connectivity index (χ0) is 12.1. The number of amides is 2. The molecule has 6 nitrogen and oxygen atoms in total. The molecule has 0 aliphatic heterocycles. The normalized spacial score (nSPS) is 9.50. The number of nitrogens with zero attached hydrogens (tertiary/aromatic N) is 1. The molecular formula is C9H10N4O2S. The van der Waals surface area contributed by atoms with Gasteiger partial charge in [0.15, 0.2) is 0 Å². The first-order valence-corrected chi connectivity index (χ1v) is 4.74. The molecule has 0 saturated carbocycles. The quantitative estimate of drug-likeness (QED) is 0.578. The van der Waals surface area contributed by atoms with Crippen molar-refractivity contribution < 1.29 is 9.59 Å². The molecule has 1 aromatic rings. The molecule has 1 rings (SSSR count). The highest BCUT2D eigenvalue weighted by molar-refractivity contribution is 7.80. The lowest BCUT2D eigenvalue weighted by Gasteiger charge is -2.02. The van der Waals surface area contributed by atoms with Gasteiger partial charge in [-0.15, -0.1) is 0 Å². The predicted octanol–water partition coefficient (Wildman–Crippen LogP) is -1.07. The van der Waals surface area contributed by atoms with Gasteiger partial charge < -0.3 is 16.8 Å². The molecule has 5 N–H and O–H groups in total. The minimum absolute atomic E-state index is 0.168. The van der Waals surface area contributed by atoms with Crippen LogP contribution in [0.1, 0.15) is 16.1 Å². The highest BCUT2D eigenvalue weighted by atomic mass is 32.1. The number of nitrogens with one attached hydrogen (secondary N) is 1. The molecule has 0 aliphatic rings. The second-order valence-electron chi connectivity index (χ2n) is 2.95. The summed E-state index contributed by atoms with van der Waals surface area (Å²) < 4.78 is 0. The van der Waals surface area contributed by atoms with Gasteiger partial charge in [-0.2, -0.15) is 0 Å². The van der Waals surface area contributed by atoms with Crippen molar-refractivity contribution in [1.82, 2.24) is 10.3 Å². The Bertz CT molecular complexity index is 430. The van der Waals surface area contributed by atoms with Crippen LogP contribution in [0, 0.1) is 0 Å². The van der Waals surface area contributed by atoms with Crippen LogP contribution in [-0.4, -0.2) is 28.3 Å². The molecule has 0 saturated heterocycles. The van der Waals surface area contributed by atoms with E-state index in [-0.39, 0.29) is 17.2 Å². The van der Waals surface area contributed by atoms with Gasteiger partial charge in [0.2, 0.25) is 5.91 Å². The van der Waals surface area contributed by atoms with E-state index in [0.717, 1.165) is 0 Å². The maximum absolute atomic E-state index is 11.4. The van der Waals surface area contributed by atoms with Gasteiger partial charge in [0.05, 0.1) is 6.54 Å². The van der Waals surface area contributed by atoms with E-state index in [9.17, 15) is 9.59 Å². The number of hydrogen-bond donors (Lipinski definition) is 3. The molecule has 0 aromatic carbocycles. The zero-order valence-corrected chi connectivity index (χ0v) is 9.08. The van der Waals surface area contributed by atoms with Crippen LogP contribution < -0.4 is 16.8 Å². The Morgan fingerprint density at radius 2 is 2.06 bits per heavy atom. The molecule has 0 unspecified atom stereocenters. The van der Waals surface area contributed by atoms with Crippen molar-refractivity contribution in [2.24, 2.45) is 11.5 Å². The summed E-state index contributed by atoms with van der Waals surface area (Å²) in [6.45, 7) is -0.225. The van der Waals surface area contributed by atoms with Crippen molar-refractivity contribution in [1.29, 1.82) is 0 Å². The van der Waals surface area contributed by atoms with E-state index < -0.39 is 11.8 Å². The highest BCUT2D eigenvalue weighted by Gasteiger charge is 2.07. The predicted molar refractivity (Wildman–Crippen MR) is 61.7 cm³/mol. The Labute approximate surface area is 97.0 Å². The van der Waals surface area contributed by atoms with Crippen LogP contribution in [0.4, 0.5) is 0 Å². The monoisotopic (exact) mass is 238 g/mol. The smallest absolute Gasteiger partial charge is 0.270 e. The van der Waals surface area contributed by atoms with E-state index in [1.165, 1.54) is 12.3 Å². The largest absolute Gasteiger partial charge is 0.389 e. The van der Waals surface area contributed by atoms with E-state index in [1.807, 2.05) is 0 Å². The van der Waals surface area contributed by atoms with Gasteiger partial charge in [-0.3, -0.25) is 14.6 Å². The first-order valence-electron chi connectivity index (χ1n) is 4.33. The summed E-state index contributed by atoms with van der Waals surface area (Å²) in [4.78, 5) is 25.9. The number of thiocarbonyl (C=S) groups is 1. The molecule has 0 atom stereocenters. The number of pyridine rings is 1. The minimum atomic E-state index is -0.617. The molecule has 1 heterocycles. The van der Waals surface area contributed by atoms with Crippen LogP contribution >= 0.6 is 12.2 Å². The molecule has 0 aliphatic carbocycles. The highest BCUT2D eigenvalue weighted by Crippen LogP contribution is 1.99. The molecule has 16 heavy (non-hydrogen) atoms.